The number of carbonyl (C=O) groups is 1. The fraction of sp³-hybridized carbons (Fsp3) is 0.692. The van der Waals surface area contributed by atoms with E-state index in [1.807, 2.05) is 5.38 Å². The van der Waals surface area contributed by atoms with E-state index in [4.69, 9.17) is 10.5 Å². The Balaban J connectivity index is 1.90. The zero-order valence-corrected chi connectivity index (χ0v) is 12.1. The Kier molecular flexibility index (Phi) is 5.30. The summed E-state index contributed by atoms with van der Waals surface area (Å²) < 4.78 is 4.94. The summed E-state index contributed by atoms with van der Waals surface area (Å²) in [7, 11) is 0. The predicted molar refractivity (Wildman–Crippen MR) is 75.1 cm³/mol. The summed E-state index contributed by atoms with van der Waals surface area (Å²) in [6.07, 6.45) is 2.41. The Bertz CT molecular complexity index is 422. The van der Waals surface area contributed by atoms with Crippen molar-refractivity contribution in [3.05, 3.63) is 16.1 Å². The Morgan fingerprint density at radius 1 is 1.68 bits per heavy atom. The second-order valence-corrected chi connectivity index (χ2v) is 5.70. The van der Waals surface area contributed by atoms with Crippen LogP contribution in [0.2, 0.25) is 0 Å². The SMILES string of the molecule is CCOC(=O)c1nc(CN2CCCC(CN)C2)cs1. The van der Waals surface area contributed by atoms with Crippen LogP contribution in [-0.4, -0.2) is 42.1 Å². The van der Waals surface area contributed by atoms with Crippen LogP contribution in [0.5, 0.6) is 0 Å². The van der Waals surface area contributed by atoms with Gasteiger partial charge in [-0.3, -0.25) is 4.90 Å². The van der Waals surface area contributed by atoms with Gasteiger partial charge >= 0.3 is 5.97 Å². The maximum absolute atomic E-state index is 11.5. The van der Waals surface area contributed by atoms with E-state index in [1.165, 1.54) is 24.2 Å². The lowest BCUT2D eigenvalue weighted by molar-refractivity contribution is 0.0525. The molecule has 1 aromatic rings. The molecule has 19 heavy (non-hydrogen) atoms. The molecule has 0 saturated carbocycles. The van der Waals surface area contributed by atoms with Crippen molar-refractivity contribution in [2.45, 2.75) is 26.3 Å². The number of nitrogens with two attached hydrogens (primary N) is 1. The van der Waals surface area contributed by atoms with Crippen LogP contribution < -0.4 is 5.73 Å². The maximum Gasteiger partial charge on any atom is 0.367 e. The molecule has 1 atom stereocenters. The number of carbonyl (C=O) groups excluding carboxylic acids is 1. The van der Waals surface area contributed by atoms with E-state index in [0.29, 0.717) is 17.5 Å². The van der Waals surface area contributed by atoms with Gasteiger partial charge in [0.2, 0.25) is 5.01 Å². The lowest BCUT2D eigenvalue weighted by atomic mass is 9.98. The van der Waals surface area contributed by atoms with Crippen molar-refractivity contribution < 1.29 is 9.53 Å². The van der Waals surface area contributed by atoms with Crippen LogP contribution in [0, 0.1) is 5.92 Å². The highest BCUT2D eigenvalue weighted by Crippen LogP contribution is 2.19. The third-order valence-corrected chi connectivity index (χ3v) is 4.19. The minimum atomic E-state index is -0.322. The van der Waals surface area contributed by atoms with Crippen LogP contribution in [0.15, 0.2) is 5.38 Å². The lowest BCUT2D eigenvalue weighted by Gasteiger charge is -2.31. The smallest absolute Gasteiger partial charge is 0.367 e. The lowest BCUT2D eigenvalue weighted by Crippen LogP contribution is -2.37. The summed E-state index contributed by atoms with van der Waals surface area (Å²) in [5.74, 6) is 0.272. The molecule has 1 unspecified atom stereocenters. The zero-order valence-electron chi connectivity index (χ0n) is 11.3. The fourth-order valence-electron chi connectivity index (χ4n) is 2.38. The largest absolute Gasteiger partial charge is 0.461 e. The molecule has 106 valence electrons. The number of thiazole rings is 1. The average Bonchev–Trinajstić information content (AvgIpc) is 2.88. The van der Waals surface area contributed by atoms with Crippen LogP contribution in [-0.2, 0) is 11.3 Å². The van der Waals surface area contributed by atoms with Crippen LogP contribution in [0.25, 0.3) is 0 Å². The first-order chi connectivity index (χ1) is 9.22. The third-order valence-electron chi connectivity index (χ3n) is 3.32. The van der Waals surface area contributed by atoms with E-state index in [1.54, 1.807) is 6.92 Å². The topological polar surface area (TPSA) is 68.5 Å². The summed E-state index contributed by atoms with van der Waals surface area (Å²) in [6.45, 7) is 5.85. The minimum Gasteiger partial charge on any atom is -0.461 e. The Morgan fingerprint density at radius 2 is 2.53 bits per heavy atom. The van der Waals surface area contributed by atoms with Gasteiger partial charge < -0.3 is 10.5 Å². The van der Waals surface area contributed by atoms with Crippen LogP contribution in [0.1, 0.15) is 35.3 Å². The van der Waals surface area contributed by atoms with Crippen LogP contribution in [0.3, 0.4) is 0 Å². The maximum atomic E-state index is 11.5. The molecular formula is C13H21N3O2S. The van der Waals surface area contributed by atoms with Crippen molar-refractivity contribution in [1.82, 2.24) is 9.88 Å². The number of ether oxygens (including phenoxy) is 1. The molecule has 0 amide bonds. The number of likely N-dealkylation sites (tertiary alicyclic amines) is 1. The highest BCUT2D eigenvalue weighted by molar-refractivity contribution is 7.11. The van der Waals surface area contributed by atoms with Crippen molar-refractivity contribution in [3.63, 3.8) is 0 Å². The number of hydrogen-bond donors (Lipinski definition) is 1. The van der Waals surface area contributed by atoms with Gasteiger partial charge in [-0.2, -0.15) is 0 Å². The second kappa shape index (κ2) is 6.98. The number of hydrogen-bond acceptors (Lipinski definition) is 6. The number of esters is 1. The Morgan fingerprint density at radius 3 is 3.26 bits per heavy atom. The first-order valence-electron chi connectivity index (χ1n) is 6.76. The molecule has 6 heteroatoms. The molecule has 0 radical (unpaired) electrons. The zero-order chi connectivity index (χ0) is 13.7. The van der Waals surface area contributed by atoms with Gasteiger partial charge in [0.15, 0.2) is 0 Å². The molecule has 0 bridgehead atoms. The highest BCUT2D eigenvalue weighted by Gasteiger charge is 2.20. The van der Waals surface area contributed by atoms with Gasteiger partial charge in [-0.15, -0.1) is 11.3 Å². The molecule has 5 nitrogen and oxygen atoms in total. The number of rotatable bonds is 5. The first-order valence-corrected chi connectivity index (χ1v) is 7.64. The molecule has 2 N–H and O–H groups in total. The molecule has 2 heterocycles. The van der Waals surface area contributed by atoms with Gasteiger partial charge in [0.05, 0.1) is 12.3 Å². The van der Waals surface area contributed by atoms with E-state index >= 15 is 0 Å². The summed E-state index contributed by atoms with van der Waals surface area (Å²) in [5.41, 5.74) is 6.68. The fourth-order valence-corrected chi connectivity index (χ4v) is 3.08. The van der Waals surface area contributed by atoms with Crippen LogP contribution in [0.4, 0.5) is 0 Å². The van der Waals surface area contributed by atoms with Gasteiger partial charge in [-0.25, -0.2) is 9.78 Å². The van der Waals surface area contributed by atoms with E-state index in [2.05, 4.69) is 9.88 Å². The second-order valence-electron chi connectivity index (χ2n) is 4.84. The van der Waals surface area contributed by atoms with Crippen molar-refractivity contribution in [2.24, 2.45) is 11.7 Å². The standard InChI is InChI=1S/C13H21N3O2S/c1-2-18-13(17)12-15-11(9-19-12)8-16-5-3-4-10(6-14)7-16/h9-10H,2-8,14H2,1H3. The van der Waals surface area contributed by atoms with Crippen LogP contribution >= 0.6 is 11.3 Å². The monoisotopic (exact) mass is 283 g/mol. The summed E-state index contributed by atoms with van der Waals surface area (Å²) in [5, 5.41) is 2.39. The van der Waals surface area contributed by atoms with E-state index < -0.39 is 0 Å². The highest BCUT2D eigenvalue weighted by atomic mass is 32.1. The summed E-state index contributed by atoms with van der Waals surface area (Å²) >= 11 is 1.36. The van der Waals surface area contributed by atoms with Gasteiger partial charge in [-0.05, 0) is 38.8 Å². The molecular weight excluding hydrogens is 262 g/mol. The molecule has 0 spiro atoms. The van der Waals surface area contributed by atoms with Gasteiger partial charge in [0.25, 0.3) is 0 Å². The molecule has 1 saturated heterocycles. The molecule has 1 aromatic heterocycles. The summed E-state index contributed by atoms with van der Waals surface area (Å²) in [4.78, 5) is 18.3. The number of aromatic nitrogens is 1. The van der Waals surface area contributed by atoms with Gasteiger partial charge in [0.1, 0.15) is 0 Å². The van der Waals surface area contributed by atoms with Crippen molar-refractivity contribution in [2.75, 3.05) is 26.2 Å². The number of nitrogens with zero attached hydrogens (tertiary/aromatic N) is 2. The third kappa shape index (κ3) is 3.99. The molecule has 0 aliphatic carbocycles. The molecule has 1 aliphatic heterocycles. The number of piperidine rings is 1. The van der Waals surface area contributed by atoms with Crippen molar-refractivity contribution >= 4 is 17.3 Å². The van der Waals surface area contributed by atoms with Crippen molar-refractivity contribution in [1.29, 1.82) is 0 Å². The predicted octanol–water partition coefficient (Wildman–Crippen LogP) is 1.49. The Labute approximate surface area is 117 Å². The molecule has 2 rings (SSSR count). The van der Waals surface area contributed by atoms with E-state index in [-0.39, 0.29) is 5.97 Å². The summed E-state index contributed by atoms with van der Waals surface area (Å²) in [6, 6.07) is 0. The molecule has 1 aliphatic rings. The molecule has 1 fully saturated rings. The quantitative estimate of drug-likeness (QED) is 0.829. The minimum absolute atomic E-state index is 0.322. The average molecular weight is 283 g/mol. The Hall–Kier alpha value is -0.980. The first kappa shape index (κ1) is 14.4. The normalized spacial score (nSPS) is 20.4. The van der Waals surface area contributed by atoms with E-state index in [9.17, 15) is 4.79 Å². The molecule has 0 aromatic carbocycles. The van der Waals surface area contributed by atoms with Gasteiger partial charge in [0, 0.05) is 18.5 Å². The van der Waals surface area contributed by atoms with E-state index in [0.717, 1.165) is 31.9 Å². The van der Waals surface area contributed by atoms with Gasteiger partial charge in [-0.1, -0.05) is 0 Å². The van der Waals surface area contributed by atoms with Crippen molar-refractivity contribution in [3.8, 4) is 0 Å².